The molecule has 0 unspecified atom stereocenters. The first-order valence-electron chi connectivity index (χ1n) is 4.78. The predicted molar refractivity (Wildman–Crippen MR) is 63.6 cm³/mol. The lowest BCUT2D eigenvalue weighted by molar-refractivity contribution is 0.0794. The van der Waals surface area contributed by atoms with E-state index in [9.17, 15) is 4.79 Å². The van der Waals surface area contributed by atoms with Gasteiger partial charge in [0.15, 0.2) is 0 Å². The number of benzene rings is 1. The molecule has 3 nitrogen and oxygen atoms in total. The van der Waals surface area contributed by atoms with Gasteiger partial charge < -0.3 is 4.90 Å². The fraction of sp³-hybridized carbons (Fsp3) is 0.167. The zero-order chi connectivity index (χ0) is 11.7. The highest BCUT2D eigenvalue weighted by molar-refractivity contribution is 9.10. The maximum absolute atomic E-state index is 12.0. The van der Waals surface area contributed by atoms with Crippen molar-refractivity contribution in [1.82, 2.24) is 4.90 Å². The second-order valence-electron chi connectivity index (χ2n) is 3.64. The predicted octanol–water partition coefficient (Wildman–Crippen LogP) is 2.48. The van der Waals surface area contributed by atoms with Crippen molar-refractivity contribution in [3.63, 3.8) is 0 Å². The quantitative estimate of drug-likeness (QED) is 0.779. The number of fused-ring (bicyclic) bond motifs is 1. The third-order valence-corrected chi connectivity index (χ3v) is 3.27. The van der Waals surface area contributed by atoms with Crippen LogP contribution in [0.5, 0.6) is 0 Å². The van der Waals surface area contributed by atoms with Gasteiger partial charge in [-0.2, -0.15) is 5.26 Å². The van der Waals surface area contributed by atoms with E-state index in [1.807, 2.05) is 18.2 Å². The molecule has 0 saturated carbocycles. The van der Waals surface area contributed by atoms with Gasteiger partial charge in [0.05, 0.1) is 12.6 Å². The van der Waals surface area contributed by atoms with E-state index in [1.54, 1.807) is 11.0 Å². The van der Waals surface area contributed by atoms with Gasteiger partial charge in [-0.1, -0.05) is 28.6 Å². The van der Waals surface area contributed by atoms with E-state index in [4.69, 9.17) is 5.26 Å². The van der Waals surface area contributed by atoms with E-state index in [0.29, 0.717) is 24.2 Å². The van der Waals surface area contributed by atoms with Crippen molar-refractivity contribution in [3.05, 3.63) is 46.0 Å². The average Bonchev–Trinajstić information content (AvgIpc) is 2.58. The van der Waals surface area contributed by atoms with Crippen LogP contribution in [0.4, 0.5) is 0 Å². The molecular formula is C12H9BrN2O. The first-order chi connectivity index (χ1) is 7.63. The Morgan fingerprint density at radius 1 is 1.62 bits per heavy atom. The van der Waals surface area contributed by atoms with E-state index in [-0.39, 0.29) is 5.91 Å². The minimum Gasteiger partial charge on any atom is -0.329 e. The third-order valence-electron chi connectivity index (χ3n) is 2.53. The van der Waals surface area contributed by atoms with Crippen molar-refractivity contribution in [1.29, 1.82) is 5.26 Å². The van der Waals surface area contributed by atoms with Crippen molar-refractivity contribution in [2.45, 2.75) is 6.54 Å². The standard InChI is InChI=1S/C12H9BrN2O/c1-8(5-14)6-15-7-10-9(12(15)16)3-2-4-11(10)13/h2-4H,1,6-7H2. The van der Waals surface area contributed by atoms with Crippen LogP contribution in [0.2, 0.25) is 0 Å². The van der Waals surface area contributed by atoms with Crippen molar-refractivity contribution in [2.24, 2.45) is 0 Å². The first kappa shape index (κ1) is 10.9. The molecule has 0 saturated heterocycles. The van der Waals surface area contributed by atoms with Gasteiger partial charge in [0, 0.05) is 22.2 Å². The second-order valence-corrected chi connectivity index (χ2v) is 4.50. The molecule has 2 rings (SSSR count). The Bertz CT molecular complexity index is 516. The molecule has 1 aromatic rings. The Morgan fingerprint density at radius 3 is 3.00 bits per heavy atom. The second kappa shape index (κ2) is 4.11. The van der Waals surface area contributed by atoms with Crippen molar-refractivity contribution >= 4 is 21.8 Å². The Hall–Kier alpha value is -1.60. The molecule has 0 aliphatic carbocycles. The van der Waals surface area contributed by atoms with Gasteiger partial charge in [0.2, 0.25) is 0 Å². The molecular weight excluding hydrogens is 268 g/mol. The summed E-state index contributed by atoms with van der Waals surface area (Å²) in [7, 11) is 0. The number of nitrogens with zero attached hydrogens (tertiary/aromatic N) is 2. The molecule has 1 aliphatic rings. The van der Waals surface area contributed by atoms with Crippen molar-refractivity contribution < 1.29 is 4.79 Å². The SMILES string of the molecule is C=C(C#N)CN1Cc2c(Br)cccc2C1=O. The maximum atomic E-state index is 12.0. The molecule has 0 fully saturated rings. The van der Waals surface area contributed by atoms with Crippen LogP contribution in [-0.2, 0) is 6.54 Å². The van der Waals surface area contributed by atoms with E-state index in [2.05, 4.69) is 22.5 Å². The molecule has 0 radical (unpaired) electrons. The van der Waals surface area contributed by atoms with Crippen LogP contribution in [0.15, 0.2) is 34.8 Å². The average molecular weight is 277 g/mol. The number of hydrogen-bond donors (Lipinski definition) is 0. The summed E-state index contributed by atoms with van der Waals surface area (Å²) < 4.78 is 0.934. The summed E-state index contributed by atoms with van der Waals surface area (Å²) in [6.07, 6.45) is 0. The first-order valence-corrected chi connectivity index (χ1v) is 5.57. The molecule has 1 aromatic carbocycles. The number of amides is 1. The van der Waals surface area contributed by atoms with Crippen molar-refractivity contribution in [2.75, 3.05) is 6.54 Å². The molecule has 0 aromatic heterocycles. The summed E-state index contributed by atoms with van der Waals surface area (Å²) in [6.45, 7) is 4.43. The molecule has 0 spiro atoms. The minimum atomic E-state index is -0.0345. The lowest BCUT2D eigenvalue weighted by Gasteiger charge is -2.13. The molecule has 80 valence electrons. The summed E-state index contributed by atoms with van der Waals surface area (Å²) in [5.41, 5.74) is 2.09. The summed E-state index contributed by atoms with van der Waals surface area (Å²) in [4.78, 5) is 13.6. The third kappa shape index (κ3) is 1.74. The van der Waals surface area contributed by atoms with Crippen LogP contribution in [0.1, 0.15) is 15.9 Å². The number of halogens is 1. The van der Waals surface area contributed by atoms with Crippen LogP contribution in [0.3, 0.4) is 0 Å². The van der Waals surface area contributed by atoms with E-state index < -0.39 is 0 Å². The van der Waals surface area contributed by atoms with E-state index in [0.717, 1.165) is 10.0 Å². The molecule has 0 N–H and O–H groups in total. The number of rotatable bonds is 2. The zero-order valence-corrected chi connectivity index (χ0v) is 10.1. The number of hydrogen-bond acceptors (Lipinski definition) is 2. The Balaban J connectivity index is 2.28. The topological polar surface area (TPSA) is 44.1 Å². The lowest BCUT2D eigenvalue weighted by Crippen LogP contribution is -2.25. The van der Waals surface area contributed by atoms with Gasteiger partial charge >= 0.3 is 0 Å². The maximum Gasteiger partial charge on any atom is 0.254 e. The monoisotopic (exact) mass is 276 g/mol. The van der Waals surface area contributed by atoms with Crippen LogP contribution in [-0.4, -0.2) is 17.4 Å². The fourth-order valence-electron chi connectivity index (χ4n) is 1.75. The molecule has 1 amide bonds. The highest BCUT2D eigenvalue weighted by Gasteiger charge is 2.28. The molecule has 4 heteroatoms. The van der Waals surface area contributed by atoms with Crippen LogP contribution in [0.25, 0.3) is 0 Å². The highest BCUT2D eigenvalue weighted by atomic mass is 79.9. The molecule has 1 heterocycles. The van der Waals surface area contributed by atoms with Gasteiger partial charge in [-0.05, 0) is 17.7 Å². The zero-order valence-electron chi connectivity index (χ0n) is 8.53. The van der Waals surface area contributed by atoms with Gasteiger partial charge in [-0.25, -0.2) is 0 Å². The Labute approximate surface area is 102 Å². The van der Waals surface area contributed by atoms with Gasteiger partial charge in [-0.15, -0.1) is 0 Å². The summed E-state index contributed by atoms with van der Waals surface area (Å²) in [5, 5.41) is 8.66. The van der Waals surface area contributed by atoms with Gasteiger partial charge in [0.1, 0.15) is 0 Å². The molecule has 1 aliphatic heterocycles. The molecule has 0 atom stereocenters. The van der Waals surface area contributed by atoms with Gasteiger partial charge in [-0.3, -0.25) is 4.79 Å². The van der Waals surface area contributed by atoms with E-state index >= 15 is 0 Å². The largest absolute Gasteiger partial charge is 0.329 e. The van der Waals surface area contributed by atoms with E-state index in [1.165, 1.54) is 0 Å². The highest BCUT2D eigenvalue weighted by Crippen LogP contribution is 2.29. The Morgan fingerprint density at radius 2 is 2.38 bits per heavy atom. The smallest absolute Gasteiger partial charge is 0.254 e. The molecule has 0 bridgehead atoms. The van der Waals surface area contributed by atoms with Crippen LogP contribution in [0, 0.1) is 11.3 Å². The Kier molecular flexibility index (Phi) is 2.80. The number of nitriles is 1. The molecule has 16 heavy (non-hydrogen) atoms. The normalized spacial score (nSPS) is 13.5. The van der Waals surface area contributed by atoms with Crippen molar-refractivity contribution in [3.8, 4) is 6.07 Å². The lowest BCUT2D eigenvalue weighted by atomic mass is 10.1. The fourth-order valence-corrected chi connectivity index (χ4v) is 2.24. The summed E-state index contributed by atoms with van der Waals surface area (Å²) >= 11 is 3.42. The number of carbonyl (C=O) groups is 1. The van der Waals surface area contributed by atoms with Gasteiger partial charge in [0.25, 0.3) is 5.91 Å². The summed E-state index contributed by atoms with van der Waals surface area (Å²) in [5.74, 6) is -0.0345. The number of carbonyl (C=O) groups excluding carboxylic acids is 1. The van der Waals surface area contributed by atoms with Crippen LogP contribution >= 0.6 is 15.9 Å². The minimum absolute atomic E-state index is 0.0345. The summed E-state index contributed by atoms with van der Waals surface area (Å²) in [6, 6.07) is 7.51. The van der Waals surface area contributed by atoms with Crippen LogP contribution < -0.4 is 0 Å².